The summed E-state index contributed by atoms with van der Waals surface area (Å²) in [5.41, 5.74) is 7.49. The van der Waals surface area contributed by atoms with Crippen molar-refractivity contribution in [2.75, 3.05) is 5.73 Å². The van der Waals surface area contributed by atoms with Gasteiger partial charge in [-0.1, -0.05) is 20.8 Å². The van der Waals surface area contributed by atoms with Crippen LogP contribution in [0.15, 0.2) is 0 Å². The molecular weight excluding hydrogens is 222 g/mol. The molecule has 18 heavy (non-hydrogen) atoms. The van der Waals surface area contributed by atoms with E-state index < -0.39 is 0 Å². The summed E-state index contributed by atoms with van der Waals surface area (Å²) in [6.45, 7) is 13.2. The van der Waals surface area contributed by atoms with E-state index >= 15 is 0 Å². The lowest BCUT2D eigenvalue weighted by Crippen LogP contribution is -2.26. The maximum atomic E-state index is 6.37. The van der Waals surface area contributed by atoms with Gasteiger partial charge in [0.1, 0.15) is 11.6 Å². The topological polar surface area (TPSA) is 43.8 Å². The van der Waals surface area contributed by atoms with Crippen molar-refractivity contribution in [3.8, 4) is 0 Å². The Balaban J connectivity index is 3.32. The van der Waals surface area contributed by atoms with E-state index in [4.69, 9.17) is 10.7 Å². The highest BCUT2D eigenvalue weighted by Gasteiger charge is 2.25. The highest BCUT2D eigenvalue weighted by molar-refractivity contribution is 5.42. The molecule has 0 aliphatic carbocycles. The summed E-state index contributed by atoms with van der Waals surface area (Å²) in [7, 11) is 0. The molecule has 3 heteroatoms. The van der Waals surface area contributed by atoms with E-state index in [0.717, 1.165) is 43.0 Å². The molecule has 0 fully saturated rings. The number of anilines is 1. The third-order valence-electron chi connectivity index (χ3n) is 3.53. The molecule has 0 spiro atoms. The molecule has 2 N–H and O–H groups in total. The number of hydrogen-bond donors (Lipinski definition) is 1. The average molecular weight is 251 g/mol. The maximum Gasteiger partial charge on any atom is 0.127 e. The fourth-order valence-electron chi connectivity index (χ4n) is 2.62. The van der Waals surface area contributed by atoms with Gasteiger partial charge in [0.15, 0.2) is 0 Å². The van der Waals surface area contributed by atoms with Gasteiger partial charge in [0, 0.05) is 17.9 Å². The van der Waals surface area contributed by atoms with E-state index in [0.29, 0.717) is 5.92 Å². The minimum absolute atomic E-state index is 0.00582. The van der Waals surface area contributed by atoms with Gasteiger partial charge in [0.05, 0.1) is 5.69 Å². The van der Waals surface area contributed by atoms with Crippen molar-refractivity contribution in [3.63, 3.8) is 0 Å². The lowest BCUT2D eigenvalue weighted by Gasteiger charge is -2.25. The Morgan fingerprint density at radius 2 is 1.72 bits per heavy atom. The molecule has 0 saturated heterocycles. The first-order valence-electron chi connectivity index (χ1n) is 7.24. The number of nitrogens with two attached hydrogens (primary N) is 1. The van der Waals surface area contributed by atoms with Crippen LogP contribution in [-0.4, -0.2) is 9.55 Å². The average Bonchev–Trinajstić information content (AvgIpc) is 2.58. The van der Waals surface area contributed by atoms with E-state index in [2.05, 4.69) is 46.1 Å². The Bertz CT molecular complexity index is 381. The second-order valence-corrected chi connectivity index (χ2v) is 6.07. The molecule has 0 amide bonds. The smallest absolute Gasteiger partial charge is 0.127 e. The van der Waals surface area contributed by atoms with Crippen LogP contribution < -0.4 is 5.73 Å². The Morgan fingerprint density at radius 3 is 2.11 bits per heavy atom. The summed E-state index contributed by atoms with van der Waals surface area (Å²) in [6.07, 6.45) is 4.32. The molecule has 0 bridgehead atoms. The molecule has 0 aromatic carbocycles. The number of aromatic nitrogens is 2. The normalized spacial score (nSPS) is 12.4. The van der Waals surface area contributed by atoms with Crippen LogP contribution in [0.1, 0.15) is 78.2 Å². The van der Waals surface area contributed by atoms with E-state index in [1.54, 1.807) is 0 Å². The van der Waals surface area contributed by atoms with Gasteiger partial charge < -0.3 is 10.3 Å². The first-order valence-corrected chi connectivity index (χ1v) is 7.24. The van der Waals surface area contributed by atoms with Gasteiger partial charge in [-0.25, -0.2) is 4.98 Å². The molecule has 0 aliphatic heterocycles. The zero-order valence-electron chi connectivity index (χ0n) is 12.9. The molecule has 0 unspecified atom stereocenters. The summed E-state index contributed by atoms with van der Waals surface area (Å²) in [4.78, 5) is 4.85. The molecule has 0 aliphatic rings. The van der Waals surface area contributed by atoms with Crippen molar-refractivity contribution < 1.29 is 0 Å². The van der Waals surface area contributed by atoms with Crippen molar-refractivity contribution in [3.05, 3.63) is 11.5 Å². The summed E-state index contributed by atoms with van der Waals surface area (Å²) >= 11 is 0. The van der Waals surface area contributed by atoms with Crippen molar-refractivity contribution >= 4 is 5.82 Å². The number of hydrogen-bond acceptors (Lipinski definition) is 2. The zero-order chi connectivity index (χ0) is 13.9. The fraction of sp³-hybridized carbons (Fsp3) is 0.800. The third-order valence-corrected chi connectivity index (χ3v) is 3.53. The molecule has 0 radical (unpaired) electrons. The Labute approximate surface area is 112 Å². The van der Waals surface area contributed by atoms with Crippen LogP contribution in [0.25, 0.3) is 0 Å². The minimum atomic E-state index is 0.00582. The van der Waals surface area contributed by atoms with Gasteiger partial charge in [0.2, 0.25) is 0 Å². The lowest BCUT2D eigenvalue weighted by atomic mass is 9.99. The van der Waals surface area contributed by atoms with Crippen LogP contribution in [0.2, 0.25) is 0 Å². The maximum absolute atomic E-state index is 6.37. The zero-order valence-corrected chi connectivity index (χ0v) is 12.9. The number of nitrogen functional groups attached to an aromatic ring is 1. The van der Waals surface area contributed by atoms with Gasteiger partial charge in [-0.2, -0.15) is 0 Å². The first-order chi connectivity index (χ1) is 8.36. The summed E-state index contributed by atoms with van der Waals surface area (Å²) in [5.74, 6) is 2.51. The van der Waals surface area contributed by atoms with E-state index in [9.17, 15) is 0 Å². The Morgan fingerprint density at radius 1 is 1.17 bits per heavy atom. The van der Waals surface area contributed by atoms with Crippen LogP contribution in [0.5, 0.6) is 0 Å². The summed E-state index contributed by atoms with van der Waals surface area (Å²) < 4.78 is 2.23. The van der Waals surface area contributed by atoms with E-state index in [-0.39, 0.29) is 5.54 Å². The molecule has 0 saturated carbocycles. The van der Waals surface area contributed by atoms with Gasteiger partial charge in [-0.05, 0) is 40.0 Å². The standard InChI is InChI=1S/C15H29N3/c1-7-10-12-17-13(11(8-2)9-3)14(16)18(12)15(4,5)6/h11H,7-10,16H2,1-6H3. The lowest BCUT2D eigenvalue weighted by molar-refractivity contribution is 0.387. The molecule has 0 atom stereocenters. The predicted octanol–water partition coefficient (Wildman–Crippen LogP) is 4.08. The molecule has 3 nitrogen and oxygen atoms in total. The molecule has 1 heterocycles. The fourth-order valence-corrected chi connectivity index (χ4v) is 2.62. The van der Waals surface area contributed by atoms with Crippen LogP contribution in [0.4, 0.5) is 5.82 Å². The molecule has 1 aromatic heterocycles. The van der Waals surface area contributed by atoms with E-state index in [1.807, 2.05) is 0 Å². The van der Waals surface area contributed by atoms with Crippen molar-refractivity contribution in [1.29, 1.82) is 0 Å². The predicted molar refractivity (Wildman–Crippen MR) is 79.0 cm³/mol. The highest BCUT2D eigenvalue weighted by Crippen LogP contribution is 2.32. The number of rotatable bonds is 5. The summed E-state index contributed by atoms with van der Waals surface area (Å²) in [6, 6.07) is 0. The van der Waals surface area contributed by atoms with Crippen molar-refractivity contribution in [1.82, 2.24) is 9.55 Å². The number of aryl methyl sites for hydroxylation is 1. The van der Waals surface area contributed by atoms with Crippen molar-refractivity contribution in [2.24, 2.45) is 0 Å². The monoisotopic (exact) mass is 251 g/mol. The second-order valence-electron chi connectivity index (χ2n) is 6.07. The molecule has 104 valence electrons. The second kappa shape index (κ2) is 5.77. The van der Waals surface area contributed by atoms with Gasteiger partial charge in [0.25, 0.3) is 0 Å². The van der Waals surface area contributed by atoms with Crippen LogP contribution >= 0.6 is 0 Å². The van der Waals surface area contributed by atoms with Crippen LogP contribution in [-0.2, 0) is 12.0 Å². The van der Waals surface area contributed by atoms with Gasteiger partial charge in [-0.3, -0.25) is 0 Å². The summed E-state index contributed by atoms with van der Waals surface area (Å²) in [5, 5.41) is 0. The Kier molecular flexibility index (Phi) is 4.83. The number of nitrogens with zero attached hydrogens (tertiary/aromatic N) is 2. The van der Waals surface area contributed by atoms with E-state index in [1.165, 1.54) is 0 Å². The molecule has 1 rings (SSSR count). The quantitative estimate of drug-likeness (QED) is 0.857. The largest absolute Gasteiger partial charge is 0.384 e. The number of imidazole rings is 1. The molecule has 1 aromatic rings. The highest BCUT2D eigenvalue weighted by atomic mass is 15.2. The first kappa shape index (κ1) is 15.1. The van der Waals surface area contributed by atoms with Crippen LogP contribution in [0, 0.1) is 0 Å². The van der Waals surface area contributed by atoms with Gasteiger partial charge in [-0.15, -0.1) is 0 Å². The SMILES string of the molecule is CCCc1nc(C(CC)CC)c(N)n1C(C)(C)C. The Hall–Kier alpha value is -0.990. The minimum Gasteiger partial charge on any atom is -0.384 e. The third kappa shape index (κ3) is 2.88. The van der Waals surface area contributed by atoms with Gasteiger partial charge >= 0.3 is 0 Å². The van der Waals surface area contributed by atoms with Crippen molar-refractivity contribution in [2.45, 2.75) is 78.7 Å². The molecular formula is C15H29N3. The van der Waals surface area contributed by atoms with Crippen LogP contribution in [0.3, 0.4) is 0 Å².